The van der Waals surface area contributed by atoms with Gasteiger partial charge in [0.2, 0.25) is 0 Å². The number of Topliss-reactive ketones (excluding diaryl/α,β-unsaturated/α-hetero) is 1. The number of hydrogen-bond acceptors (Lipinski definition) is 2. The summed E-state index contributed by atoms with van der Waals surface area (Å²) in [6, 6.07) is 9.24. The minimum absolute atomic E-state index is 0.0651. The molecule has 2 aromatic rings. The second-order valence-electron chi connectivity index (χ2n) is 4.18. The maximum absolute atomic E-state index is 13.6. The first-order valence-corrected chi connectivity index (χ1v) is 6.99. The fraction of sp³-hybridized carbons (Fsp3) is 0.133. The molecule has 0 atom stereocenters. The molecule has 2 nitrogen and oxygen atoms in total. The van der Waals surface area contributed by atoms with Gasteiger partial charge in [0.1, 0.15) is 11.6 Å². The Morgan fingerprint density at radius 1 is 1.30 bits per heavy atom. The first-order valence-electron chi connectivity index (χ1n) is 5.82. The standard InChI is InChI=1S/C15H11BrClFO2/c1-20-15-8-10(16)2-4-12(15)14(19)7-9-6-11(17)3-5-13(9)18/h2-6,8H,7H2,1H3. The lowest BCUT2D eigenvalue weighted by molar-refractivity contribution is 0.0989. The zero-order chi connectivity index (χ0) is 14.7. The molecular weight excluding hydrogens is 347 g/mol. The lowest BCUT2D eigenvalue weighted by Crippen LogP contribution is -2.07. The summed E-state index contributed by atoms with van der Waals surface area (Å²) in [5.74, 6) is -0.221. The number of ketones is 1. The van der Waals surface area contributed by atoms with E-state index in [1.165, 1.54) is 25.3 Å². The van der Waals surface area contributed by atoms with Crippen LogP contribution in [0.15, 0.2) is 40.9 Å². The van der Waals surface area contributed by atoms with E-state index in [-0.39, 0.29) is 17.8 Å². The summed E-state index contributed by atoms with van der Waals surface area (Å²) in [7, 11) is 1.48. The molecule has 2 aromatic carbocycles. The molecular formula is C15H11BrClFO2. The Kier molecular flexibility index (Phi) is 4.78. The van der Waals surface area contributed by atoms with E-state index in [4.69, 9.17) is 16.3 Å². The van der Waals surface area contributed by atoms with Crippen molar-refractivity contribution in [3.63, 3.8) is 0 Å². The second-order valence-corrected chi connectivity index (χ2v) is 5.53. The van der Waals surface area contributed by atoms with E-state index >= 15 is 0 Å². The molecule has 5 heteroatoms. The Labute approximate surface area is 129 Å². The van der Waals surface area contributed by atoms with Crippen molar-refractivity contribution in [2.24, 2.45) is 0 Å². The quantitative estimate of drug-likeness (QED) is 0.743. The summed E-state index contributed by atoms with van der Waals surface area (Å²) in [6.45, 7) is 0. The monoisotopic (exact) mass is 356 g/mol. The number of carbonyl (C=O) groups excluding carboxylic acids is 1. The van der Waals surface area contributed by atoms with E-state index in [1.807, 2.05) is 0 Å². The molecule has 0 aliphatic rings. The Hall–Kier alpha value is -1.39. The average Bonchev–Trinajstić information content (AvgIpc) is 2.42. The summed E-state index contributed by atoms with van der Waals surface area (Å²) in [6.07, 6.45) is -0.0651. The molecule has 0 aliphatic heterocycles. The predicted octanol–water partition coefficient (Wildman–Crippen LogP) is 4.68. The molecule has 0 aliphatic carbocycles. The number of rotatable bonds is 4. The minimum Gasteiger partial charge on any atom is -0.496 e. The fourth-order valence-electron chi connectivity index (χ4n) is 1.84. The molecule has 0 saturated heterocycles. The van der Waals surface area contributed by atoms with Gasteiger partial charge in [0.15, 0.2) is 5.78 Å². The van der Waals surface area contributed by atoms with E-state index in [0.29, 0.717) is 16.3 Å². The van der Waals surface area contributed by atoms with Gasteiger partial charge in [0.05, 0.1) is 12.7 Å². The Morgan fingerprint density at radius 3 is 2.75 bits per heavy atom. The van der Waals surface area contributed by atoms with Crippen molar-refractivity contribution in [1.29, 1.82) is 0 Å². The molecule has 0 N–H and O–H groups in total. The first-order chi connectivity index (χ1) is 9.51. The van der Waals surface area contributed by atoms with E-state index in [1.54, 1.807) is 18.2 Å². The SMILES string of the molecule is COc1cc(Br)ccc1C(=O)Cc1cc(Cl)ccc1F. The van der Waals surface area contributed by atoms with E-state index in [9.17, 15) is 9.18 Å². The summed E-state index contributed by atoms with van der Waals surface area (Å²) < 4.78 is 19.6. The topological polar surface area (TPSA) is 26.3 Å². The zero-order valence-electron chi connectivity index (χ0n) is 10.6. The van der Waals surface area contributed by atoms with Crippen molar-refractivity contribution in [3.8, 4) is 5.75 Å². The number of carbonyl (C=O) groups is 1. The van der Waals surface area contributed by atoms with Gasteiger partial charge in [0.25, 0.3) is 0 Å². The largest absolute Gasteiger partial charge is 0.496 e. The van der Waals surface area contributed by atoms with Gasteiger partial charge in [-0.15, -0.1) is 0 Å². The van der Waals surface area contributed by atoms with Crippen LogP contribution in [0.4, 0.5) is 4.39 Å². The van der Waals surface area contributed by atoms with Crippen molar-refractivity contribution in [1.82, 2.24) is 0 Å². The van der Waals surface area contributed by atoms with Crippen molar-refractivity contribution in [2.45, 2.75) is 6.42 Å². The summed E-state index contributed by atoms with van der Waals surface area (Å²) in [5.41, 5.74) is 0.683. The number of methoxy groups -OCH3 is 1. The second kappa shape index (κ2) is 6.37. The van der Waals surface area contributed by atoms with Crippen LogP contribution in [-0.4, -0.2) is 12.9 Å². The van der Waals surface area contributed by atoms with Crippen LogP contribution in [-0.2, 0) is 6.42 Å². The highest BCUT2D eigenvalue weighted by atomic mass is 79.9. The zero-order valence-corrected chi connectivity index (χ0v) is 13.0. The fourth-order valence-corrected chi connectivity index (χ4v) is 2.38. The highest BCUT2D eigenvalue weighted by molar-refractivity contribution is 9.10. The third kappa shape index (κ3) is 3.38. The van der Waals surface area contributed by atoms with Gasteiger partial charge in [-0.1, -0.05) is 27.5 Å². The van der Waals surface area contributed by atoms with Gasteiger partial charge in [-0.25, -0.2) is 4.39 Å². The van der Waals surface area contributed by atoms with Crippen LogP contribution in [0.1, 0.15) is 15.9 Å². The van der Waals surface area contributed by atoms with Crippen LogP contribution < -0.4 is 4.74 Å². The van der Waals surface area contributed by atoms with Crippen LogP contribution in [0.3, 0.4) is 0 Å². The van der Waals surface area contributed by atoms with Gasteiger partial charge in [-0.05, 0) is 42.0 Å². The van der Waals surface area contributed by atoms with Gasteiger partial charge in [0, 0.05) is 15.9 Å². The summed E-state index contributed by atoms with van der Waals surface area (Å²) in [4.78, 5) is 12.3. The molecule has 0 heterocycles. The van der Waals surface area contributed by atoms with Gasteiger partial charge >= 0.3 is 0 Å². The van der Waals surface area contributed by atoms with Crippen molar-refractivity contribution < 1.29 is 13.9 Å². The molecule has 0 amide bonds. The van der Waals surface area contributed by atoms with Gasteiger partial charge in [-0.2, -0.15) is 0 Å². The predicted molar refractivity (Wildman–Crippen MR) is 80.1 cm³/mol. The molecule has 0 fully saturated rings. The van der Waals surface area contributed by atoms with E-state index in [0.717, 1.165) is 4.47 Å². The Bertz CT molecular complexity index is 658. The number of halogens is 3. The Morgan fingerprint density at radius 2 is 2.05 bits per heavy atom. The molecule has 0 unspecified atom stereocenters. The smallest absolute Gasteiger partial charge is 0.171 e. The number of benzene rings is 2. The highest BCUT2D eigenvalue weighted by Gasteiger charge is 2.15. The highest BCUT2D eigenvalue weighted by Crippen LogP contribution is 2.25. The minimum atomic E-state index is -0.446. The lowest BCUT2D eigenvalue weighted by Gasteiger charge is -2.09. The van der Waals surface area contributed by atoms with Crippen LogP contribution in [0.25, 0.3) is 0 Å². The maximum atomic E-state index is 13.6. The molecule has 0 aromatic heterocycles. The maximum Gasteiger partial charge on any atom is 0.171 e. The molecule has 20 heavy (non-hydrogen) atoms. The first kappa shape index (κ1) is 15.0. The van der Waals surface area contributed by atoms with Gasteiger partial charge in [-0.3, -0.25) is 4.79 Å². The van der Waals surface area contributed by atoms with Crippen molar-refractivity contribution in [2.75, 3.05) is 7.11 Å². The third-order valence-electron chi connectivity index (χ3n) is 2.82. The Balaban J connectivity index is 2.30. The van der Waals surface area contributed by atoms with Crippen LogP contribution in [0.5, 0.6) is 5.75 Å². The van der Waals surface area contributed by atoms with E-state index < -0.39 is 5.82 Å². The molecule has 0 bridgehead atoms. The molecule has 0 saturated carbocycles. The molecule has 2 rings (SSSR count). The van der Waals surface area contributed by atoms with Gasteiger partial charge < -0.3 is 4.74 Å². The normalized spacial score (nSPS) is 10.4. The summed E-state index contributed by atoms with van der Waals surface area (Å²) >= 11 is 9.12. The van der Waals surface area contributed by atoms with Crippen molar-refractivity contribution in [3.05, 3.63) is 62.8 Å². The average molecular weight is 358 g/mol. The van der Waals surface area contributed by atoms with Crippen LogP contribution in [0, 0.1) is 5.82 Å². The van der Waals surface area contributed by atoms with Crippen LogP contribution >= 0.6 is 27.5 Å². The van der Waals surface area contributed by atoms with Crippen LogP contribution in [0.2, 0.25) is 5.02 Å². The molecule has 104 valence electrons. The number of ether oxygens (including phenoxy) is 1. The molecule has 0 spiro atoms. The summed E-state index contributed by atoms with van der Waals surface area (Å²) in [5, 5.41) is 0.400. The van der Waals surface area contributed by atoms with Crippen molar-refractivity contribution >= 4 is 33.3 Å². The van der Waals surface area contributed by atoms with E-state index in [2.05, 4.69) is 15.9 Å². The third-order valence-corrected chi connectivity index (χ3v) is 3.55. The number of hydrogen-bond donors (Lipinski definition) is 0. The molecule has 0 radical (unpaired) electrons. The lowest BCUT2D eigenvalue weighted by atomic mass is 10.0.